The van der Waals surface area contributed by atoms with Crippen LogP contribution in [0.5, 0.6) is 5.75 Å². The molecular weight excluding hydrogens is 342 g/mol. The van der Waals surface area contributed by atoms with E-state index in [1.54, 1.807) is 0 Å². The van der Waals surface area contributed by atoms with E-state index in [1.165, 1.54) is 0 Å². The molecule has 1 aliphatic heterocycles. The Hall–Kier alpha value is -1.75. The van der Waals surface area contributed by atoms with Crippen molar-refractivity contribution in [1.29, 1.82) is 0 Å². The number of rotatable bonds is 5. The fraction of sp³-hybridized carbons (Fsp3) is 0.682. The van der Waals surface area contributed by atoms with Gasteiger partial charge in [0.1, 0.15) is 11.9 Å². The summed E-state index contributed by atoms with van der Waals surface area (Å²) in [4.78, 5) is 13.7. The SMILES string of the molecule is Cc1c(CCC2CC(O)CC(=O)O2)c(O)c(CC(C)(C)C)c(C)c1N(C)C. The maximum atomic E-state index is 11.6. The second-order valence-corrected chi connectivity index (χ2v) is 9.28. The van der Waals surface area contributed by atoms with Crippen molar-refractivity contribution in [3.05, 3.63) is 22.3 Å². The van der Waals surface area contributed by atoms with Gasteiger partial charge in [-0.1, -0.05) is 20.8 Å². The average Bonchev–Trinajstić information content (AvgIpc) is 2.49. The maximum Gasteiger partial charge on any atom is 0.308 e. The molecule has 1 heterocycles. The Kier molecular flexibility index (Phi) is 6.46. The number of benzene rings is 1. The van der Waals surface area contributed by atoms with Crippen molar-refractivity contribution in [2.24, 2.45) is 5.41 Å². The smallest absolute Gasteiger partial charge is 0.308 e. The van der Waals surface area contributed by atoms with Gasteiger partial charge in [0.25, 0.3) is 0 Å². The van der Waals surface area contributed by atoms with Gasteiger partial charge in [-0.2, -0.15) is 0 Å². The summed E-state index contributed by atoms with van der Waals surface area (Å²) in [5.41, 5.74) is 5.29. The molecule has 2 atom stereocenters. The molecule has 2 rings (SSSR count). The summed E-state index contributed by atoms with van der Waals surface area (Å²) < 4.78 is 5.38. The summed E-state index contributed by atoms with van der Waals surface area (Å²) in [5, 5.41) is 20.9. The number of aliphatic hydroxyl groups is 1. The molecule has 5 heteroatoms. The van der Waals surface area contributed by atoms with Crippen molar-refractivity contribution >= 4 is 11.7 Å². The van der Waals surface area contributed by atoms with Crippen LogP contribution < -0.4 is 4.90 Å². The number of carbonyl (C=O) groups is 1. The Morgan fingerprint density at radius 1 is 1.15 bits per heavy atom. The van der Waals surface area contributed by atoms with Gasteiger partial charge < -0.3 is 19.8 Å². The van der Waals surface area contributed by atoms with Gasteiger partial charge >= 0.3 is 5.97 Å². The van der Waals surface area contributed by atoms with Gasteiger partial charge in [0, 0.05) is 26.2 Å². The van der Waals surface area contributed by atoms with Gasteiger partial charge in [-0.25, -0.2) is 0 Å². The first-order valence-corrected chi connectivity index (χ1v) is 9.79. The molecule has 0 aromatic heterocycles. The lowest BCUT2D eigenvalue weighted by atomic mass is 9.82. The molecule has 0 amide bonds. The first kappa shape index (κ1) is 21.5. The van der Waals surface area contributed by atoms with E-state index in [4.69, 9.17) is 4.74 Å². The average molecular weight is 378 g/mol. The van der Waals surface area contributed by atoms with E-state index in [2.05, 4.69) is 32.6 Å². The zero-order valence-corrected chi connectivity index (χ0v) is 17.8. The Morgan fingerprint density at radius 2 is 1.74 bits per heavy atom. The highest BCUT2D eigenvalue weighted by Crippen LogP contribution is 2.41. The molecule has 1 aromatic rings. The van der Waals surface area contributed by atoms with Crippen molar-refractivity contribution in [2.75, 3.05) is 19.0 Å². The summed E-state index contributed by atoms with van der Waals surface area (Å²) in [6.45, 7) is 10.6. The molecular formula is C22H35NO4. The molecule has 1 fully saturated rings. The molecule has 2 N–H and O–H groups in total. The van der Waals surface area contributed by atoms with Crippen LogP contribution in [0, 0.1) is 19.3 Å². The van der Waals surface area contributed by atoms with Crippen LogP contribution in [0.4, 0.5) is 5.69 Å². The number of nitrogens with zero attached hydrogens (tertiary/aromatic N) is 1. The summed E-state index contributed by atoms with van der Waals surface area (Å²) in [6, 6.07) is 0. The molecule has 2 unspecified atom stereocenters. The summed E-state index contributed by atoms with van der Waals surface area (Å²) >= 11 is 0. The number of cyclic esters (lactones) is 1. The van der Waals surface area contributed by atoms with E-state index in [0.29, 0.717) is 25.0 Å². The topological polar surface area (TPSA) is 70.0 Å². The quantitative estimate of drug-likeness (QED) is 0.767. The first-order valence-electron chi connectivity index (χ1n) is 9.79. The minimum Gasteiger partial charge on any atom is -0.507 e. The third-order valence-corrected chi connectivity index (χ3v) is 5.29. The van der Waals surface area contributed by atoms with Gasteiger partial charge in [-0.05, 0) is 60.8 Å². The number of aliphatic hydroxyl groups excluding tert-OH is 1. The first-order chi connectivity index (χ1) is 12.4. The van der Waals surface area contributed by atoms with E-state index in [1.807, 2.05) is 21.0 Å². The van der Waals surface area contributed by atoms with Crippen LogP contribution >= 0.6 is 0 Å². The second-order valence-electron chi connectivity index (χ2n) is 9.28. The molecule has 0 aliphatic carbocycles. The van der Waals surface area contributed by atoms with Crippen LogP contribution in [0.25, 0.3) is 0 Å². The molecule has 0 radical (unpaired) electrons. The molecule has 1 saturated heterocycles. The number of hydrogen-bond acceptors (Lipinski definition) is 5. The van der Waals surface area contributed by atoms with Crippen LogP contribution in [0.3, 0.4) is 0 Å². The lowest BCUT2D eigenvalue weighted by Crippen LogP contribution is -2.32. The van der Waals surface area contributed by atoms with Crippen molar-refractivity contribution in [2.45, 2.75) is 78.9 Å². The monoisotopic (exact) mass is 377 g/mol. The highest BCUT2D eigenvalue weighted by Gasteiger charge is 2.29. The minimum absolute atomic E-state index is 0.0569. The fourth-order valence-electron chi connectivity index (χ4n) is 4.17. The maximum absolute atomic E-state index is 11.6. The van der Waals surface area contributed by atoms with Crippen molar-refractivity contribution in [3.63, 3.8) is 0 Å². The lowest BCUT2D eigenvalue weighted by molar-refractivity contribution is -0.160. The summed E-state index contributed by atoms with van der Waals surface area (Å²) in [6.07, 6.45) is 1.62. The Bertz CT molecular complexity index is 703. The normalized spacial score (nSPS) is 20.5. The Balaban J connectivity index is 2.38. The van der Waals surface area contributed by atoms with Crippen LogP contribution in [0.1, 0.15) is 62.3 Å². The van der Waals surface area contributed by atoms with E-state index < -0.39 is 6.10 Å². The van der Waals surface area contributed by atoms with Gasteiger partial charge in [0.2, 0.25) is 0 Å². The molecule has 152 valence electrons. The van der Waals surface area contributed by atoms with Gasteiger partial charge in [0.05, 0.1) is 12.5 Å². The van der Waals surface area contributed by atoms with Gasteiger partial charge in [-0.15, -0.1) is 0 Å². The van der Waals surface area contributed by atoms with E-state index in [-0.39, 0.29) is 23.9 Å². The number of anilines is 1. The van der Waals surface area contributed by atoms with E-state index in [0.717, 1.165) is 34.4 Å². The fourth-order valence-corrected chi connectivity index (χ4v) is 4.17. The molecule has 1 aliphatic rings. The third-order valence-electron chi connectivity index (χ3n) is 5.29. The van der Waals surface area contributed by atoms with Crippen LogP contribution in [-0.4, -0.2) is 42.5 Å². The predicted molar refractivity (Wildman–Crippen MR) is 109 cm³/mol. The summed E-state index contributed by atoms with van der Waals surface area (Å²) in [7, 11) is 4.05. The minimum atomic E-state index is -0.627. The number of hydrogen-bond donors (Lipinski definition) is 2. The Labute approximate surface area is 163 Å². The Morgan fingerprint density at radius 3 is 2.26 bits per heavy atom. The van der Waals surface area contributed by atoms with Gasteiger partial charge in [-0.3, -0.25) is 4.79 Å². The zero-order valence-electron chi connectivity index (χ0n) is 17.8. The largest absolute Gasteiger partial charge is 0.507 e. The zero-order chi connectivity index (χ0) is 20.5. The molecule has 0 bridgehead atoms. The van der Waals surface area contributed by atoms with Crippen LogP contribution in [0.2, 0.25) is 0 Å². The predicted octanol–water partition coefficient (Wildman–Crippen LogP) is 3.66. The van der Waals surface area contributed by atoms with E-state index in [9.17, 15) is 15.0 Å². The molecule has 0 saturated carbocycles. The van der Waals surface area contributed by atoms with Crippen molar-refractivity contribution in [3.8, 4) is 5.75 Å². The lowest BCUT2D eigenvalue weighted by Gasteiger charge is -2.29. The third kappa shape index (κ3) is 5.16. The number of phenolic OH excluding ortho intramolecular Hbond substituents is 1. The number of phenols is 1. The standard InChI is InChI=1S/C22H35NO4/c1-13-17(9-8-16-10-15(24)11-19(25)27-16)21(26)18(12-22(3,4)5)14(2)20(13)23(6)7/h15-16,24,26H,8-12H2,1-7H3. The molecule has 0 spiro atoms. The molecule has 1 aromatic carbocycles. The number of aromatic hydroxyl groups is 1. The van der Waals surface area contributed by atoms with Crippen LogP contribution in [-0.2, 0) is 22.4 Å². The van der Waals surface area contributed by atoms with Crippen LogP contribution in [0.15, 0.2) is 0 Å². The van der Waals surface area contributed by atoms with Crippen molar-refractivity contribution in [1.82, 2.24) is 0 Å². The highest BCUT2D eigenvalue weighted by molar-refractivity contribution is 5.71. The number of carbonyl (C=O) groups excluding carboxylic acids is 1. The van der Waals surface area contributed by atoms with Gasteiger partial charge in [0.15, 0.2) is 0 Å². The van der Waals surface area contributed by atoms with Crippen molar-refractivity contribution < 1.29 is 19.7 Å². The van der Waals surface area contributed by atoms with E-state index >= 15 is 0 Å². The number of ether oxygens (including phenoxy) is 1. The molecule has 5 nitrogen and oxygen atoms in total. The highest BCUT2D eigenvalue weighted by atomic mass is 16.5. The number of esters is 1. The second kappa shape index (κ2) is 8.09. The summed E-state index contributed by atoms with van der Waals surface area (Å²) in [5.74, 6) is 0.0270. The molecule has 27 heavy (non-hydrogen) atoms.